The molecule has 7 heteroatoms. The zero-order chi connectivity index (χ0) is 23.0. The number of morpholine rings is 1. The molecule has 0 amide bonds. The molecule has 0 unspecified atom stereocenters. The predicted octanol–water partition coefficient (Wildman–Crippen LogP) is 5.88. The van der Waals surface area contributed by atoms with Crippen LogP contribution in [0, 0.1) is 0 Å². The highest BCUT2D eigenvalue weighted by Crippen LogP contribution is 2.28. The van der Waals surface area contributed by atoms with Crippen molar-refractivity contribution in [2.24, 2.45) is 10.2 Å². The van der Waals surface area contributed by atoms with Gasteiger partial charge in [-0.3, -0.25) is 0 Å². The maximum Gasteiger partial charge on any atom is 0.338 e. The molecule has 1 saturated heterocycles. The normalized spacial score (nSPS) is 13.8. The lowest BCUT2D eigenvalue weighted by atomic mass is 10.2. The summed E-state index contributed by atoms with van der Waals surface area (Å²) in [5.74, 6) is -0.337. The number of azo groups is 1. The van der Waals surface area contributed by atoms with Crippen LogP contribution >= 0.6 is 0 Å². The van der Waals surface area contributed by atoms with Gasteiger partial charge in [-0.1, -0.05) is 0 Å². The zero-order valence-electron chi connectivity index (χ0n) is 19.0. The number of carbonyl (C=O) groups excluding carboxylic acids is 1. The summed E-state index contributed by atoms with van der Waals surface area (Å²) in [6, 6.07) is 23.4. The lowest BCUT2D eigenvalue weighted by Gasteiger charge is -2.29. The number of rotatable bonds is 7. The molecular weight excluding hydrogens is 416 g/mol. The van der Waals surface area contributed by atoms with Gasteiger partial charge >= 0.3 is 5.97 Å². The van der Waals surface area contributed by atoms with E-state index in [1.807, 2.05) is 31.3 Å². The Kier molecular flexibility index (Phi) is 7.32. The molecular formula is C26H28N4O3. The monoisotopic (exact) mass is 444 g/mol. The summed E-state index contributed by atoms with van der Waals surface area (Å²) in [5.41, 5.74) is 5.33. The molecule has 4 rings (SSSR count). The molecule has 3 aromatic carbocycles. The Morgan fingerprint density at radius 2 is 1.39 bits per heavy atom. The lowest BCUT2D eigenvalue weighted by Crippen LogP contribution is -2.36. The number of hydrogen-bond donors (Lipinski definition) is 0. The van der Waals surface area contributed by atoms with Crippen LogP contribution in [0.25, 0.3) is 0 Å². The Labute approximate surface area is 194 Å². The molecule has 1 aliphatic rings. The topological polar surface area (TPSA) is 66.7 Å². The molecule has 1 heterocycles. The molecule has 0 radical (unpaired) electrons. The molecule has 0 atom stereocenters. The lowest BCUT2D eigenvalue weighted by molar-refractivity contribution is 0.0526. The third-order valence-corrected chi connectivity index (χ3v) is 5.51. The van der Waals surface area contributed by atoms with Gasteiger partial charge in [-0.2, -0.15) is 10.2 Å². The molecule has 0 bridgehead atoms. The second kappa shape index (κ2) is 10.7. The summed E-state index contributed by atoms with van der Waals surface area (Å²) in [6.45, 7) is 5.56. The third-order valence-electron chi connectivity index (χ3n) is 5.51. The minimum absolute atomic E-state index is 0.337. The van der Waals surface area contributed by atoms with Crippen molar-refractivity contribution < 1.29 is 14.3 Å². The Balaban J connectivity index is 1.37. The Hall–Kier alpha value is -3.71. The smallest absolute Gasteiger partial charge is 0.338 e. The van der Waals surface area contributed by atoms with Gasteiger partial charge < -0.3 is 19.3 Å². The molecule has 0 aromatic heterocycles. The minimum atomic E-state index is -0.337. The van der Waals surface area contributed by atoms with Crippen molar-refractivity contribution in [2.45, 2.75) is 6.92 Å². The Morgan fingerprint density at radius 1 is 0.879 bits per heavy atom. The quantitative estimate of drug-likeness (QED) is 0.336. The fourth-order valence-electron chi connectivity index (χ4n) is 3.59. The summed E-state index contributed by atoms with van der Waals surface area (Å²) in [7, 11) is 2.05. The first-order valence-electron chi connectivity index (χ1n) is 11.1. The maximum atomic E-state index is 11.7. The number of nitrogens with zero attached hydrogens (tertiary/aromatic N) is 4. The summed E-state index contributed by atoms with van der Waals surface area (Å²) in [6.07, 6.45) is 0. The van der Waals surface area contributed by atoms with Crippen LogP contribution < -0.4 is 9.80 Å². The van der Waals surface area contributed by atoms with Crippen LogP contribution in [0.5, 0.6) is 0 Å². The molecule has 33 heavy (non-hydrogen) atoms. The van der Waals surface area contributed by atoms with E-state index in [1.54, 1.807) is 31.2 Å². The molecule has 170 valence electrons. The van der Waals surface area contributed by atoms with E-state index >= 15 is 0 Å². The van der Waals surface area contributed by atoms with Crippen molar-refractivity contribution in [1.29, 1.82) is 0 Å². The van der Waals surface area contributed by atoms with Gasteiger partial charge in [0.05, 0.1) is 36.8 Å². The fourth-order valence-corrected chi connectivity index (χ4v) is 3.59. The van der Waals surface area contributed by atoms with Gasteiger partial charge in [0.25, 0.3) is 0 Å². The van der Waals surface area contributed by atoms with Gasteiger partial charge in [0.15, 0.2) is 0 Å². The molecule has 0 aliphatic carbocycles. The van der Waals surface area contributed by atoms with Gasteiger partial charge in [-0.25, -0.2) is 4.79 Å². The fraction of sp³-hybridized carbons (Fsp3) is 0.269. The van der Waals surface area contributed by atoms with Gasteiger partial charge in [0, 0.05) is 37.2 Å². The summed E-state index contributed by atoms with van der Waals surface area (Å²) in [4.78, 5) is 16.2. The zero-order valence-corrected chi connectivity index (χ0v) is 19.0. The summed E-state index contributed by atoms with van der Waals surface area (Å²) in [5, 5.41) is 8.55. The van der Waals surface area contributed by atoms with E-state index in [9.17, 15) is 4.79 Å². The molecule has 1 fully saturated rings. The molecule has 1 aliphatic heterocycles. The first-order valence-corrected chi connectivity index (χ1v) is 11.1. The van der Waals surface area contributed by atoms with Crippen molar-refractivity contribution in [1.82, 2.24) is 0 Å². The summed E-state index contributed by atoms with van der Waals surface area (Å²) < 4.78 is 10.4. The van der Waals surface area contributed by atoms with Crippen molar-refractivity contribution in [3.63, 3.8) is 0 Å². The minimum Gasteiger partial charge on any atom is -0.462 e. The number of carbonyl (C=O) groups is 1. The van der Waals surface area contributed by atoms with Gasteiger partial charge in [0.1, 0.15) is 0 Å². The van der Waals surface area contributed by atoms with Crippen molar-refractivity contribution in [3.05, 3.63) is 78.4 Å². The first kappa shape index (κ1) is 22.5. The van der Waals surface area contributed by atoms with E-state index < -0.39 is 0 Å². The second-order valence-corrected chi connectivity index (χ2v) is 7.66. The van der Waals surface area contributed by atoms with E-state index in [1.165, 1.54) is 5.69 Å². The number of ether oxygens (including phenoxy) is 2. The highest BCUT2D eigenvalue weighted by molar-refractivity contribution is 5.89. The summed E-state index contributed by atoms with van der Waals surface area (Å²) >= 11 is 0. The van der Waals surface area contributed by atoms with Crippen LogP contribution in [-0.4, -0.2) is 45.9 Å². The number of benzene rings is 3. The van der Waals surface area contributed by atoms with Gasteiger partial charge in [-0.15, -0.1) is 0 Å². The molecule has 0 saturated carbocycles. The van der Waals surface area contributed by atoms with Gasteiger partial charge in [0.2, 0.25) is 0 Å². The third kappa shape index (κ3) is 5.75. The average Bonchev–Trinajstić information content (AvgIpc) is 2.88. The van der Waals surface area contributed by atoms with Crippen molar-refractivity contribution in [3.8, 4) is 0 Å². The van der Waals surface area contributed by atoms with E-state index in [4.69, 9.17) is 9.47 Å². The average molecular weight is 445 g/mol. The van der Waals surface area contributed by atoms with E-state index in [2.05, 4.69) is 44.3 Å². The number of hydrogen-bond acceptors (Lipinski definition) is 7. The largest absolute Gasteiger partial charge is 0.462 e. The molecule has 0 N–H and O–H groups in total. The molecule has 3 aromatic rings. The standard InChI is InChI=1S/C26H28N4O3/c1-3-33-26(31)20-4-6-21(7-5-20)27-28-22-8-10-23(11-9-22)29(2)24-12-14-25(15-13-24)30-16-18-32-19-17-30/h4-15H,3,16-19H2,1-2H3. The Morgan fingerprint density at radius 3 is 1.94 bits per heavy atom. The second-order valence-electron chi connectivity index (χ2n) is 7.66. The van der Waals surface area contributed by atoms with Crippen LogP contribution in [-0.2, 0) is 9.47 Å². The van der Waals surface area contributed by atoms with E-state index in [0.29, 0.717) is 17.9 Å². The van der Waals surface area contributed by atoms with Crippen LogP contribution in [0.15, 0.2) is 83.0 Å². The predicted molar refractivity (Wildman–Crippen MR) is 131 cm³/mol. The van der Waals surface area contributed by atoms with E-state index in [-0.39, 0.29) is 5.97 Å². The molecule has 0 spiro atoms. The van der Waals surface area contributed by atoms with Crippen LogP contribution in [0.4, 0.5) is 28.4 Å². The van der Waals surface area contributed by atoms with Crippen molar-refractivity contribution in [2.75, 3.05) is 49.8 Å². The SMILES string of the molecule is CCOC(=O)c1ccc(N=Nc2ccc(N(C)c3ccc(N4CCOCC4)cc3)cc2)cc1. The van der Waals surface area contributed by atoms with E-state index in [0.717, 1.165) is 43.4 Å². The van der Waals surface area contributed by atoms with Crippen LogP contribution in [0.3, 0.4) is 0 Å². The Bertz CT molecular complexity index is 1070. The van der Waals surface area contributed by atoms with Gasteiger partial charge in [-0.05, 0) is 79.7 Å². The number of esters is 1. The highest BCUT2D eigenvalue weighted by Gasteiger charge is 2.12. The first-order chi connectivity index (χ1) is 16.1. The highest BCUT2D eigenvalue weighted by atomic mass is 16.5. The van der Waals surface area contributed by atoms with Crippen LogP contribution in [0.2, 0.25) is 0 Å². The maximum absolute atomic E-state index is 11.7. The number of anilines is 3. The van der Waals surface area contributed by atoms with Crippen molar-refractivity contribution >= 4 is 34.4 Å². The van der Waals surface area contributed by atoms with Crippen LogP contribution in [0.1, 0.15) is 17.3 Å². The molecule has 7 nitrogen and oxygen atoms in total.